The van der Waals surface area contributed by atoms with Crippen LogP contribution in [0.15, 0.2) is 29.2 Å². The van der Waals surface area contributed by atoms with Crippen LogP contribution in [0.5, 0.6) is 0 Å². The smallest absolute Gasteiger partial charge is 0.264 e. The molecule has 1 fully saturated rings. The first-order valence-electron chi connectivity index (χ1n) is 7.44. The lowest BCUT2D eigenvalue weighted by Gasteiger charge is -2.23. The third-order valence-electron chi connectivity index (χ3n) is 3.53. The Hall–Kier alpha value is -1.51. The minimum Gasteiger partial charge on any atom is -0.376 e. The van der Waals surface area contributed by atoms with Crippen LogP contribution in [0, 0.1) is 5.82 Å². The second-order valence-corrected chi connectivity index (χ2v) is 7.07. The van der Waals surface area contributed by atoms with Crippen molar-refractivity contribution in [2.75, 3.05) is 13.2 Å². The lowest BCUT2D eigenvalue weighted by molar-refractivity contribution is -0.133. The summed E-state index contributed by atoms with van der Waals surface area (Å²) in [5, 5.41) is 0. The summed E-state index contributed by atoms with van der Waals surface area (Å²) in [4.78, 5) is 11.8. The molecule has 6 nitrogen and oxygen atoms in total. The van der Waals surface area contributed by atoms with Gasteiger partial charge in [0.1, 0.15) is 11.9 Å². The van der Waals surface area contributed by atoms with Gasteiger partial charge in [0.05, 0.1) is 17.6 Å². The first kappa shape index (κ1) is 17.8. The number of halogens is 1. The number of ether oxygens (including phenoxy) is 2. The molecule has 0 unspecified atom stereocenters. The van der Waals surface area contributed by atoms with Gasteiger partial charge in [0, 0.05) is 6.61 Å². The monoisotopic (exact) mass is 345 g/mol. The van der Waals surface area contributed by atoms with Crippen LogP contribution in [-0.2, 0) is 24.3 Å². The Morgan fingerprint density at radius 2 is 2.09 bits per heavy atom. The molecule has 1 saturated heterocycles. The van der Waals surface area contributed by atoms with E-state index >= 15 is 0 Å². The van der Waals surface area contributed by atoms with E-state index in [0.717, 1.165) is 43.5 Å². The van der Waals surface area contributed by atoms with E-state index in [4.69, 9.17) is 9.47 Å². The average Bonchev–Trinajstić information content (AvgIpc) is 2.53. The third-order valence-corrected chi connectivity index (χ3v) is 4.90. The molecule has 2 atom stereocenters. The van der Waals surface area contributed by atoms with Crippen molar-refractivity contribution in [2.45, 2.75) is 43.3 Å². The highest BCUT2D eigenvalue weighted by Gasteiger charge is 2.23. The number of amides is 1. The summed E-state index contributed by atoms with van der Waals surface area (Å²) >= 11 is 0. The first-order chi connectivity index (χ1) is 10.9. The Balaban J connectivity index is 1.87. The van der Waals surface area contributed by atoms with Crippen molar-refractivity contribution in [3.63, 3.8) is 0 Å². The zero-order chi connectivity index (χ0) is 16.9. The summed E-state index contributed by atoms with van der Waals surface area (Å²) in [5.74, 6) is -1.33. The fourth-order valence-corrected chi connectivity index (χ4v) is 3.20. The van der Waals surface area contributed by atoms with Gasteiger partial charge in [-0.2, -0.15) is 0 Å². The summed E-state index contributed by atoms with van der Waals surface area (Å²) in [6, 6.07) is 4.21. The Bertz CT molecular complexity index is 626. The SMILES string of the molecule is C[C@H](OC[C@H]1CCCCO1)C(=O)NS(=O)(=O)c1ccc(F)cc1. The molecule has 1 aromatic carbocycles. The fourth-order valence-electron chi connectivity index (χ4n) is 2.15. The van der Waals surface area contributed by atoms with Crippen molar-refractivity contribution in [1.82, 2.24) is 4.72 Å². The highest BCUT2D eigenvalue weighted by Crippen LogP contribution is 2.14. The number of carbonyl (C=O) groups excluding carboxylic acids is 1. The topological polar surface area (TPSA) is 81.7 Å². The maximum atomic E-state index is 12.8. The van der Waals surface area contributed by atoms with Crippen molar-refractivity contribution in [3.8, 4) is 0 Å². The van der Waals surface area contributed by atoms with Crippen LogP contribution in [0.3, 0.4) is 0 Å². The molecule has 1 aromatic rings. The maximum absolute atomic E-state index is 12.8. The zero-order valence-corrected chi connectivity index (χ0v) is 13.6. The molecule has 1 heterocycles. The molecule has 23 heavy (non-hydrogen) atoms. The highest BCUT2D eigenvalue weighted by atomic mass is 32.2. The second-order valence-electron chi connectivity index (χ2n) is 5.39. The molecule has 0 aromatic heterocycles. The molecule has 0 bridgehead atoms. The van der Waals surface area contributed by atoms with Crippen LogP contribution in [0.2, 0.25) is 0 Å². The molecule has 2 rings (SSSR count). The van der Waals surface area contributed by atoms with Gasteiger partial charge in [0.15, 0.2) is 0 Å². The summed E-state index contributed by atoms with van der Waals surface area (Å²) in [6.07, 6.45) is 1.93. The van der Waals surface area contributed by atoms with E-state index in [2.05, 4.69) is 0 Å². The van der Waals surface area contributed by atoms with E-state index in [0.29, 0.717) is 6.61 Å². The minimum absolute atomic E-state index is 0.0623. The van der Waals surface area contributed by atoms with Gasteiger partial charge in [-0.25, -0.2) is 17.5 Å². The Kier molecular flexibility index (Phi) is 6.09. The van der Waals surface area contributed by atoms with Gasteiger partial charge in [-0.05, 0) is 50.5 Å². The van der Waals surface area contributed by atoms with Crippen LogP contribution in [-0.4, -0.2) is 39.7 Å². The van der Waals surface area contributed by atoms with Crippen molar-refractivity contribution in [2.24, 2.45) is 0 Å². The summed E-state index contributed by atoms with van der Waals surface area (Å²) in [7, 11) is -4.04. The van der Waals surface area contributed by atoms with Crippen LogP contribution in [0.1, 0.15) is 26.2 Å². The van der Waals surface area contributed by atoms with Crippen molar-refractivity contribution in [3.05, 3.63) is 30.1 Å². The molecule has 1 amide bonds. The highest BCUT2D eigenvalue weighted by molar-refractivity contribution is 7.90. The molecule has 128 valence electrons. The normalized spacial score (nSPS) is 20.0. The molecule has 8 heteroatoms. The van der Waals surface area contributed by atoms with E-state index in [9.17, 15) is 17.6 Å². The maximum Gasteiger partial charge on any atom is 0.264 e. The molecule has 1 aliphatic heterocycles. The second kappa shape index (κ2) is 7.85. The average molecular weight is 345 g/mol. The number of benzene rings is 1. The van der Waals surface area contributed by atoms with Crippen LogP contribution in [0.4, 0.5) is 4.39 Å². The Morgan fingerprint density at radius 3 is 2.70 bits per heavy atom. The number of hydrogen-bond donors (Lipinski definition) is 1. The van der Waals surface area contributed by atoms with Gasteiger partial charge >= 0.3 is 0 Å². The van der Waals surface area contributed by atoms with Crippen LogP contribution < -0.4 is 4.72 Å². The van der Waals surface area contributed by atoms with E-state index in [1.54, 1.807) is 0 Å². The van der Waals surface area contributed by atoms with Crippen LogP contribution in [0.25, 0.3) is 0 Å². The number of hydrogen-bond acceptors (Lipinski definition) is 5. The van der Waals surface area contributed by atoms with Gasteiger partial charge in [0.2, 0.25) is 0 Å². The number of sulfonamides is 1. The first-order valence-corrected chi connectivity index (χ1v) is 8.92. The van der Waals surface area contributed by atoms with Gasteiger partial charge < -0.3 is 9.47 Å². The zero-order valence-electron chi connectivity index (χ0n) is 12.8. The predicted molar refractivity (Wildman–Crippen MR) is 80.7 cm³/mol. The fraction of sp³-hybridized carbons (Fsp3) is 0.533. The van der Waals surface area contributed by atoms with Gasteiger partial charge in [-0.1, -0.05) is 0 Å². The predicted octanol–water partition coefficient (Wildman–Crippen LogP) is 1.60. The van der Waals surface area contributed by atoms with Crippen molar-refractivity contribution in [1.29, 1.82) is 0 Å². The van der Waals surface area contributed by atoms with Crippen molar-refractivity contribution >= 4 is 15.9 Å². The summed E-state index contributed by atoms with van der Waals surface area (Å²) in [6.45, 7) is 2.39. The quantitative estimate of drug-likeness (QED) is 0.847. The molecular formula is C15H20FNO5S. The number of rotatable bonds is 6. The Morgan fingerprint density at radius 1 is 1.39 bits per heavy atom. The molecule has 1 aliphatic rings. The molecule has 0 radical (unpaired) electrons. The minimum atomic E-state index is -4.04. The van der Waals surface area contributed by atoms with E-state index in [1.807, 2.05) is 4.72 Å². The van der Waals surface area contributed by atoms with Crippen LogP contribution >= 0.6 is 0 Å². The van der Waals surface area contributed by atoms with Gasteiger partial charge in [-0.3, -0.25) is 4.79 Å². The van der Waals surface area contributed by atoms with Gasteiger partial charge in [-0.15, -0.1) is 0 Å². The molecule has 0 spiro atoms. The lowest BCUT2D eigenvalue weighted by atomic mass is 10.1. The third kappa shape index (κ3) is 5.26. The largest absolute Gasteiger partial charge is 0.376 e. The molecule has 0 saturated carbocycles. The number of nitrogens with one attached hydrogen (secondary N) is 1. The number of carbonyl (C=O) groups is 1. The standard InChI is InChI=1S/C15H20FNO5S/c1-11(22-10-13-4-2-3-9-21-13)15(18)17-23(19,20)14-7-5-12(16)6-8-14/h5-8,11,13H,2-4,9-10H2,1H3,(H,17,18)/t11-,13+/m0/s1. The van der Waals surface area contributed by atoms with E-state index in [1.165, 1.54) is 6.92 Å². The summed E-state index contributed by atoms with van der Waals surface area (Å²) in [5.41, 5.74) is 0. The lowest BCUT2D eigenvalue weighted by Crippen LogP contribution is -2.40. The van der Waals surface area contributed by atoms with Crippen molar-refractivity contribution < 1.29 is 27.1 Å². The molecule has 1 N–H and O–H groups in total. The van der Waals surface area contributed by atoms with Gasteiger partial charge in [0.25, 0.3) is 15.9 Å². The van der Waals surface area contributed by atoms with E-state index in [-0.39, 0.29) is 17.6 Å². The van der Waals surface area contributed by atoms with E-state index < -0.39 is 27.9 Å². The Labute approximate surface area is 135 Å². The molecular weight excluding hydrogens is 325 g/mol. The summed E-state index contributed by atoms with van der Waals surface area (Å²) < 4.78 is 49.7. The molecule has 0 aliphatic carbocycles.